The summed E-state index contributed by atoms with van der Waals surface area (Å²) in [5.41, 5.74) is 1.81. The predicted octanol–water partition coefficient (Wildman–Crippen LogP) is 3.06. The highest BCUT2D eigenvalue weighted by Crippen LogP contribution is 2.47. The number of benzene rings is 1. The zero-order valence-electron chi connectivity index (χ0n) is 12.3. The van der Waals surface area contributed by atoms with E-state index in [1.54, 1.807) is 17.4 Å². The summed E-state index contributed by atoms with van der Waals surface area (Å²) in [4.78, 5) is 2.29. The molecule has 0 amide bonds. The molecule has 1 saturated heterocycles. The van der Waals surface area contributed by atoms with E-state index in [0.717, 1.165) is 37.3 Å². The highest BCUT2D eigenvalue weighted by molar-refractivity contribution is 7.08. The topological polar surface area (TPSA) is 33.7 Å². The van der Waals surface area contributed by atoms with Crippen LogP contribution in [0.1, 0.15) is 17.2 Å². The average Bonchev–Trinajstić information content (AvgIpc) is 3.15. The molecule has 0 radical (unpaired) electrons. The van der Waals surface area contributed by atoms with Gasteiger partial charge in [-0.25, -0.2) is 0 Å². The summed E-state index contributed by atoms with van der Waals surface area (Å²) in [6, 6.07) is 7.01. The van der Waals surface area contributed by atoms with Crippen molar-refractivity contribution in [2.75, 3.05) is 26.2 Å². The molecule has 2 aliphatic heterocycles. The van der Waals surface area contributed by atoms with E-state index in [2.05, 4.69) is 20.3 Å². The lowest BCUT2D eigenvalue weighted by Crippen LogP contribution is -2.45. The fraction of sp³-hybridized carbons (Fsp3) is 0.375. The molecule has 0 unspecified atom stereocenters. The zero-order chi connectivity index (χ0) is 15.9. The van der Waals surface area contributed by atoms with Crippen molar-refractivity contribution in [1.29, 1.82) is 0 Å². The average molecular weight is 338 g/mol. The first-order valence-corrected chi connectivity index (χ1v) is 8.44. The number of fused-ring (bicyclic) bond motifs is 1. The molecule has 23 heavy (non-hydrogen) atoms. The van der Waals surface area contributed by atoms with Crippen molar-refractivity contribution < 1.29 is 18.3 Å². The van der Waals surface area contributed by atoms with Gasteiger partial charge in [-0.2, -0.15) is 11.3 Å². The lowest BCUT2D eigenvalue weighted by atomic mass is 9.97. The zero-order valence-corrected chi connectivity index (χ0v) is 13.1. The molecular weight excluding hydrogens is 322 g/mol. The Kier molecular flexibility index (Phi) is 3.71. The molecule has 0 saturated carbocycles. The maximum Gasteiger partial charge on any atom is 0.586 e. The molecule has 2 aromatic rings. The molecule has 2 aliphatic rings. The Morgan fingerprint density at radius 3 is 2.74 bits per heavy atom. The van der Waals surface area contributed by atoms with Gasteiger partial charge in [-0.1, -0.05) is 12.1 Å². The van der Waals surface area contributed by atoms with Gasteiger partial charge in [0.05, 0.1) is 6.04 Å². The van der Waals surface area contributed by atoms with Crippen LogP contribution in [0, 0.1) is 0 Å². The lowest BCUT2D eigenvalue weighted by molar-refractivity contribution is -0.287. The highest BCUT2D eigenvalue weighted by atomic mass is 32.1. The number of alkyl halides is 2. The molecule has 4 rings (SSSR count). The predicted molar refractivity (Wildman–Crippen MR) is 83.2 cm³/mol. The van der Waals surface area contributed by atoms with E-state index in [1.165, 1.54) is 6.07 Å². The van der Waals surface area contributed by atoms with Crippen molar-refractivity contribution in [3.05, 3.63) is 46.2 Å². The molecule has 7 heteroatoms. The number of thiophene rings is 1. The van der Waals surface area contributed by atoms with Crippen LogP contribution in [-0.2, 0) is 0 Å². The highest BCUT2D eigenvalue weighted by Gasteiger charge is 2.45. The third kappa shape index (κ3) is 2.80. The molecule has 3 heterocycles. The SMILES string of the molecule is FC1(F)Oc2cccc([C@@H](c3ccsc3)N3CCNCC3)c2O1. The fourth-order valence-corrected chi connectivity index (χ4v) is 3.84. The number of ether oxygens (including phenoxy) is 2. The molecule has 1 aromatic heterocycles. The Morgan fingerprint density at radius 1 is 1.17 bits per heavy atom. The summed E-state index contributed by atoms with van der Waals surface area (Å²) in [6.07, 6.45) is -3.60. The van der Waals surface area contributed by atoms with Crippen molar-refractivity contribution in [1.82, 2.24) is 10.2 Å². The van der Waals surface area contributed by atoms with Gasteiger partial charge in [-0.3, -0.25) is 4.90 Å². The number of hydrogen-bond acceptors (Lipinski definition) is 5. The lowest BCUT2D eigenvalue weighted by Gasteiger charge is -2.35. The van der Waals surface area contributed by atoms with E-state index in [0.29, 0.717) is 0 Å². The van der Waals surface area contributed by atoms with Crippen LogP contribution in [0.2, 0.25) is 0 Å². The van der Waals surface area contributed by atoms with Gasteiger partial charge in [0.15, 0.2) is 11.5 Å². The van der Waals surface area contributed by atoms with Crippen LogP contribution < -0.4 is 14.8 Å². The minimum absolute atomic E-state index is 0.0999. The minimum Gasteiger partial charge on any atom is -0.395 e. The Bertz CT molecular complexity index is 687. The number of para-hydroxylation sites is 1. The number of rotatable bonds is 3. The molecule has 1 N–H and O–H groups in total. The van der Waals surface area contributed by atoms with Gasteiger partial charge in [0.1, 0.15) is 0 Å². The van der Waals surface area contributed by atoms with Crippen molar-refractivity contribution in [3.63, 3.8) is 0 Å². The minimum atomic E-state index is -3.60. The van der Waals surface area contributed by atoms with E-state index in [-0.39, 0.29) is 17.5 Å². The first-order chi connectivity index (χ1) is 11.1. The maximum absolute atomic E-state index is 13.5. The van der Waals surface area contributed by atoms with Crippen LogP contribution in [0.25, 0.3) is 0 Å². The number of halogens is 2. The van der Waals surface area contributed by atoms with E-state index in [4.69, 9.17) is 4.74 Å². The third-order valence-electron chi connectivity index (χ3n) is 4.13. The summed E-state index contributed by atoms with van der Waals surface area (Å²) >= 11 is 1.60. The van der Waals surface area contributed by atoms with Crippen LogP contribution in [0.4, 0.5) is 8.78 Å². The first-order valence-electron chi connectivity index (χ1n) is 7.50. The van der Waals surface area contributed by atoms with Crippen LogP contribution in [-0.4, -0.2) is 37.4 Å². The van der Waals surface area contributed by atoms with Crippen LogP contribution >= 0.6 is 11.3 Å². The monoisotopic (exact) mass is 338 g/mol. The van der Waals surface area contributed by atoms with Crippen molar-refractivity contribution >= 4 is 11.3 Å². The van der Waals surface area contributed by atoms with Gasteiger partial charge in [-0.05, 0) is 28.5 Å². The van der Waals surface area contributed by atoms with E-state index >= 15 is 0 Å². The molecule has 4 nitrogen and oxygen atoms in total. The number of nitrogens with zero attached hydrogens (tertiary/aromatic N) is 1. The Balaban J connectivity index is 1.78. The van der Waals surface area contributed by atoms with Crippen molar-refractivity contribution in [2.24, 2.45) is 0 Å². The quantitative estimate of drug-likeness (QED) is 0.933. The largest absolute Gasteiger partial charge is 0.586 e. The summed E-state index contributed by atoms with van der Waals surface area (Å²) in [5, 5.41) is 7.37. The first kappa shape index (κ1) is 14.9. The normalized spacial score (nSPS) is 21.3. The van der Waals surface area contributed by atoms with Gasteiger partial charge in [0.25, 0.3) is 0 Å². The molecule has 0 spiro atoms. The standard InChI is InChI=1S/C16H16F2N2O2S/c17-16(18)21-13-3-1-2-12(15(13)22-16)14(11-4-9-23-10-11)20-7-5-19-6-8-20/h1-4,9-10,14,19H,5-8H2/t14-/m1/s1. The smallest absolute Gasteiger partial charge is 0.395 e. The second kappa shape index (κ2) is 5.74. The summed E-state index contributed by atoms with van der Waals surface area (Å²) in [7, 11) is 0. The van der Waals surface area contributed by atoms with E-state index < -0.39 is 6.29 Å². The van der Waals surface area contributed by atoms with E-state index in [9.17, 15) is 8.78 Å². The number of nitrogens with one attached hydrogen (secondary N) is 1. The summed E-state index contributed by atoms with van der Waals surface area (Å²) in [6.45, 7) is 3.45. The number of hydrogen-bond donors (Lipinski definition) is 1. The molecular formula is C16H16F2N2O2S. The number of piperazine rings is 1. The Hall–Kier alpha value is -1.70. The van der Waals surface area contributed by atoms with Crippen molar-refractivity contribution in [3.8, 4) is 11.5 Å². The van der Waals surface area contributed by atoms with E-state index in [1.807, 2.05) is 17.5 Å². The van der Waals surface area contributed by atoms with Gasteiger partial charge < -0.3 is 14.8 Å². The van der Waals surface area contributed by atoms with Gasteiger partial charge in [0, 0.05) is 31.7 Å². The van der Waals surface area contributed by atoms with Gasteiger partial charge >= 0.3 is 6.29 Å². The Labute approximate surface area is 136 Å². The third-order valence-corrected chi connectivity index (χ3v) is 4.83. The molecule has 0 aliphatic carbocycles. The maximum atomic E-state index is 13.5. The van der Waals surface area contributed by atoms with Gasteiger partial charge in [-0.15, -0.1) is 8.78 Å². The summed E-state index contributed by atoms with van der Waals surface area (Å²) < 4.78 is 36.4. The van der Waals surface area contributed by atoms with Crippen LogP contribution in [0.5, 0.6) is 11.5 Å². The Morgan fingerprint density at radius 2 is 2.00 bits per heavy atom. The molecule has 0 bridgehead atoms. The van der Waals surface area contributed by atoms with Crippen LogP contribution in [0.15, 0.2) is 35.0 Å². The molecule has 1 fully saturated rings. The fourth-order valence-electron chi connectivity index (χ4n) is 3.16. The molecule has 1 aromatic carbocycles. The van der Waals surface area contributed by atoms with Crippen LogP contribution in [0.3, 0.4) is 0 Å². The molecule has 1 atom stereocenters. The second-order valence-corrected chi connectivity index (χ2v) is 6.37. The summed E-state index contributed by atoms with van der Waals surface area (Å²) in [5.74, 6) is 0.245. The van der Waals surface area contributed by atoms with Crippen molar-refractivity contribution in [2.45, 2.75) is 12.3 Å². The second-order valence-electron chi connectivity index (χ2n) is 5.59. The van der Waals surface area contributed by atoms with Gasteiger partial charge in [0.2, 0.25) is 0 Å². The molecule has 122 valence electrons.